The molecule has 0 aliphatic rings. The number of non-ortho nitro benzene ring substituents is 1. The Balaban J connectivity index is 1.96. The Bertz CT molecular complexity index is 880. The molecule has 0 aromatic heterocycles. The maximum atomic E-state index is 13.0. The van der Waals surface area contributed by atoms with Crippen LogP contribution < -0.4 is 5.32 Å². The topological polar surface area (TPSA) is 72.2 Å². The number of hydrogen-bond acceptors (Lipinski definition) is 4. The number of ketones is 1. The molecule has 0 amide bonds. The van der Waals surface area contributed by atoms with Gasteiger partial charge in [0.2, 0.25) is 0 Å². The van der Waals surface area contributed by atoms with Crippen LogP contribution >= 0.6 is 0 Å². The number of rotatable bonds is 6. The fourth-order valence-corrected chi connectivity index (χ4v) is 2.59. The van der Waals surface area contributed by atoms with Crippen LogP contribution in [0, 0.1) is 10.1 Å². The van der Waals surface area contributed by atoms with E-state index in [2.05, 4.69) is 5.32 Å². The number of benzene rings is 3. The highest BCUT2D eigenvalue weighted by Gasteiger charge is 2.22. The van der Waals surface area contributed by atoms with Crippen molar-refractivity contribution in [2.75, 3.05) is 5.32 Å². The van der Waals surface area contributed by atoms with E-state index in [0.717, 1.165) is 5.56 Å². The second-order valence-electron chi connectivity index (χ2n) is 5.53. The second-order valence-corrected chi connectivity index (χ2v) is 5.53. The van der Waals surface area contributed by atoms with E-state index in [1.54, 1.807) is 24.3 Å². The number of nitro benzene ring substituents is 1. The van der Waals surface area contributed by atoms with Gasteiger partial charge in [0.1, 0.15) is 6.04 Å². The first-order valence-corrected chi connectivity index (χ1v) is 7.80. The first-order chi connectivity index (χ1) is 12.1. The molecule has 1 atom stereocenters. The van der Waals surface area contributed by atoms with Crippen LogP contribution in [0.4, 0.5) is 11.4 Å². The standard InChI is InChI=1S/C20H16N2O3/c23-20(16-10-5-2-6-11-16)19(15-8-3-1-4-9-15)21-17-12-7-13-18(14-17)22(24)25/h1-14,19,21H/t19-/m1/s1. The fraction of sp³-hybridized carbons (Fsp3) is 0.0500. The van der Waals surface area contributed by atoms with Crippen LogP contribution in [0.1, 0.15) is 22.0 Å². The van der Waals surface area contributed by atoms with E-state index in [1.165, 1.54) is 12.1 Å². The van der Waals surface area contributed by atoms with E-state index < -0.39 is 11.0 Å². The number of anilines is 1. The van der Waals surface area contributed by atoms with E-state index in [9.17, 15) is 14.9 Å². The van der Waals surface area contributed by atoms with Crippen molar-refractivity contribution in [2.45, 2.75) is 6.04 Å². The molecule has 0 saturated carbocycles. The zero-order valence-electron chi connectivity index (χ0n) is 13.3. The van der Waals surface area contributed by atoms with Crippen LogP contribution in [0.3, 0.4) is 0 Å². The van der Waals surface area contributed by atoms with Gasteiger partial charge in [0.05, 0.1) is 4.92 Å². The molecule has 0 radical (unpaired) electrons. The molecule has 3 rings (SSSR count). The number of carbonyl (C=O) groups is 1. The molecule has 0 bridgehead atoms. The van der Waals surface area contributed by atoms with Crippen molar-refractivity contribution in [2.24, 2.45) is 0 Å². The molecule has 5 nitrogen and oxygen atoms in total. The van der Waals surface area contributed by atoms with Crippen LogP contribution in [-0.2, 0) is 0 Å². The Kier molecular flexibility index (Phi) is 4.85. The third-order valence-corrected chi connectivity index (χ3v) is 3.82. The summed E-state index contributed by atoms with van der Waals surface area (Å²) in [5, 5.41) is 14.1. The van der Waals surface area contributed by atoms with Gasteiger partial charge in [0.25, 0.3) is 5.69 Å². The Morgan fingerprint density at radius 2 is 1.52 bits per heavy atom. The van der Waals surface area contributed by atoms with Crippen LogP contribution in [0.2, 0.25) is 0 Å². The molecule has 0 unspecified atom stereocenters. The average molecular weight is 332 g/mol. The highest BCUT2D eigenvalue weighted by molar-refractivity contribution is 6.02. The third kappa shape index (κ3) is 3.90. The van der Waals surface area contributed by atoms with Crippen molar-refractivity contribution in [3.63, 3.8) is 0 Å². The summed E-state index contributed by atoms with van der Waals surface area (Å²) in [7, 11) is 0. The van der Waals surface area contributed by atoms with Crippen LogP contribution in [0.25, 0.3) is 0 Å². The molecular weight excluding hydrogens is 316 g/mol. The molecule has 0 aliphatic heterocycles. The van der Waals surface area contributed by atoms with Gasteiger partial charge in [-0.3, -0.25) is 14.9 Å². The lowest BCUT2D eigenvalue weighted by molar-refractivity contribution is -0.384. The zero-order valence-corrected chi connectivity index (χ0v) is 13.3. The number of nitro groups is 1. The molecule has 0 spiro atoms. The summed E-state index contributed by atoms with van der Waals surface area (Å²) in [5.41, 5.74) is 1.87. The minimum Gasteiger partial charge on any atom is -0.371 e. The van der Waals surface area contributed by atoms with Crippen molar-refractivity contribution in [3.05, 3.63) is 106 Å². The molecule has 3 aromatic carbocycles. The smallest absolute Gasteiger partial charge is 0.271 e. The Labute approximate surface area is 145 Å². The molecule has 0 fully saturated rings. The minimum absolute atomic E-state index is 0.0241. The molecule has 25 heavy (non-hydrogen) atoms. The summed E-state index contributed by atoms with van der Waals surface area (Å²) in [6.07, 6.45) is 0. The molecule has 1 N–H and O–H groups in total. The predicted molar refractivity (Wildman–Crippen MR) is 96.7 cm³/mol. The zero-order chi connectivity index (χ0) is 17.6. The first kappa shape index (κ1) is 16.4. The number of Topliss-reactive ketones (excluding diaryl/α,β-unsaturated/α-hetero) is 1. The Hall–Kier alpha value is -3.47. The average Bonchev–Trinajstić information content (AvgIpc) is 2.67. The monoisotopic (exact) mass is 332 g/mol. The minimum atomic E-state index is -0.634. The highest BCUT2D eigenvalue weighted by Crippen LogP contribution is 2.26. The van der Waals surface area contributed by atoms with Crippen molar-refractivity contribution in [1.82, 2.24) is 0 Å². The van der Waals surface area contributed by atoms with Gasteiger partial charge in [0, 0.05) is 23.4 Å². The van der Waals surface area contributed by atoms with E-state index in [-0.39, 0.29) is 11.5 Å². The van der Waals surface area contributed by atoms with Crippen molar-refractivity contribution in [1.29, 1.82) is 0 Å². The summed E-state index contributed by atoms with van der Waals surface area (Å²) in [6, 6.07) is 23.8. The van der Waals surface area contributed by atoms with Gasteiger partial charge in [-0.1, -0.05) is 66.7 Å². The fourth-order valence-electron chi connectivity index (χ4n) is 2.59. The van der Waals surface area contributed by atoms with Gasteiger partial charge >= 0.3 is 0 Å². The van der Waals surface area contributed by atoms with Crippen LogP contribution in [0.5, 0.6) is 0 Å². The molecule has 0 heterocycles. The first-order valence-electron chi connectivity index (χ1n) is 7.80. The number of hydrogen-bond donors (Lipinski definition) is 1. The lowest BCUT2D eigenvalue weighted by Gasteiger charge is -2.19. The van der Waals surface area contributed by atoms with Gasteiger partial charge < -0.3 is 5.32 Å². The predicted octanol–water partition coefficient (Wildman–Crippen LogP) is 4.63. The van der Waals surface area contributed by atoms with E-state index in [1.807, 2.05) is 48.5 Å². The van der Waals surface area contributed by atoms with Gasteiger partial charge in [-0.15, -0.1) is 0 Å². The number of carbonyl (C=O) groups excluding carboxylic acids is 1. The molecule has 124 valence electrons. The second kappa shape index (κ2) is 7.40. The molecule has 0 saturated heterocycles. The summed E-state index contributed by atoms with van der Waals surface area (Å²) < 4.78 is 0. The maximum Gasteiger partial charge on any atom is 0.271 e. The lowest BCUT2D eigenvalue weighted by Crippen LogP contribution is -2.21. The summed E-state index contributed by atoms with van der Waals surface area (Å²) >= 11 is 0. The highest BCUT2D eigenvalue weighted by atomic mass is 16.6. The number of nitrogens with zero attached hydrogens (tertiary/aromatic N) is 1. The maximum absolute atomic E-state index is 13.0. The van der Waals surface area contributed by atoms with Crippen LogP contribution in [0.15, 0.2) is 84.9 Å². The van der Waals surface area contributed by atoms with Crippen molar-refractivity contribution >= 4 is 17.2 Å². The SMILES string of the molecule is O=C(c1ccccc1)[C@H](Nc1cccc([N+](=O)[O-])c1)c1ccccc1. The Morgan fingerprint density at radius 3 is 2.16 bits per heavy atom. The van der Waals surface area contributed by atoms with Gasteiger partial charge in [0.15, 0.2) is 5.78 Å². The van der Waals surface area contributed by atoms with Crippen molar-refractivity contribution in [3.8, 4) is 0 Å². The van der Waals surface area contributed by atoms with E-state index >= 15 is 0 Å². The number of nitrogens with one attached hydrogen (secondary N) is 1. The lowest BCUT2D eigenvalue weighted by atomic mass is 9.97. The van der Waals surface area contributed by atoms with E-state index in [0.29, 0.717) is 11.3 Å². The molecule has 5 heteroatoms. The summed E-state index contributed by atoms with van der Waals surface area (Å²) in [6.45, 7) is 0. The summed E-state index contributed by atoms with van der Waals surface area (Å²) in [4.78, 5) is 23.5. The van der Waals surface area contributed by atoms with Gasteiger partial charge in [-0.2, -0.15) is 0 Å². The normalized spacial score (nSPS) is 11.5. The van der Waals surface area contributed by atoms with Gasteiger partial charge in [-0.05, 0) is 11.6 Å². The summed E-state index contributed by atoms with van der Waals surface area (Å²) in [5.74, 6) is -0.0988. The van der Waals surface area contributed by atoms with Crippen LogP contribution in [-0.4, -0.2) is 10.7 Å². The molecule has 0 aliphatic carbocycles. The largest absolute Gasteiger partial charge is 0.371 e. The molecule has 3 aromatic rings. The van der Waals surface area contributed by atoms with E-state index in [4.69, 9.17) is 0 Å². The van der Waals surface area contributed by atoms with Gasteiger partial charge in [-0.25, -0.2) is 0 Å². The third-order valence-electron chi connectivity index (χ3n) is 3.82. The molecular formula is C20H16N2O3. The quantitative estimate of drug-likeness (QED) is 0.406. The van der Waals surface area contributed by atoms with Crippen molar-refractivity contribution < 1.29 is 9.72 Å². The Morgan fingerprint density at radius 1 is 0.880 bits per heavy atom.